The molecule has 2 unspecified atom stereocenters. The summed E-state index contributed by atoms with van der Waals surface area (Å²) in [5, 5.41) is 9.26. The minimum absolute atomic E-state index is 0.0568. The Kier molecular flexibility index (Phi) is 2.66. The van der Waals surface area contributed by atoms with Gasteiger partial charge in [0.25, 0.3) is 0 Å². The first-order valence-electron chi connectivity index (χ1n) is 8.13. The number of hydrogen-bond donors (Lipinski definition) is 1. The maximum atomic E-state index is 12.3. The summed E-state index contributed by atoms with van der Waals surface area (Å²) >= 11 is 0. The van der Waals surface area contributed by atoms with E-state index in [2.05, 4.69) is 11.8 Å². The summed E-state index contributed by atoms with van der Waals surface area (Å²) in [7, 11) is 0. The molecule has 5 nitrogen and oxygen atoms in total. The molecule has 2 aliphatic heterocycles. The van der Waals surface area contributed by atoms with Crippen molar-refractivity contribution < 1.29 is 24.4 Å². The normalized spacial score (nSPS) is 58.6. The molecule has 7 atom stereocenters. The summed E-state index contributed by atoms with van der Waals surface area (Å²) in [4.78, 5) is 16.9. The predicted molar refractivity (Wildman–Crippen MR) is 72.9 cm³/mol. The van der Waals surface area contributed by atoms with Crippen molar-refractivity contribution in [3.8, 4) is 0 Å². The van der Waals surface area contributed by atoms with E-state index in [4.69, 9.17) is 9.47 Å². The van der Waals surface area contributed by atoms with Crippen LogP contribution in [-0.2, 0) is 19.2 Å². The van der Waals surface area contributed by atoms with Crippen molar-refractivity contribution in [2.75, 3.05) is 0 Å². The minimum Gasteiger partial charge on any atom is -0.432 e. The molecule has 2 aliphatic carbocycles. The Balaban J connectivity index is 1.80. The Labute approximate surface area is 124 Å². The number of ether oxygens (including phenoxy) is 2. The van der Waals surface area contributed by atoms with Gasteiger partial charge in [-0.1, -0.05) is 20.3 Å². The van der Waals surface area contributed by atoms with Gasteiger partial charge in [0.15, 0.2) is 0 Å². The average Bonchev–Trinajstić information content (AvgIpc) is 3.06. The molecule has 0 aromatic carbocycles. The Morgan fingerprint density at radius 1 is 1.24 bits per heavy atom. The lowest BCUT2D eigenvalue weighted by atomic mass is 9.59. The van der Waals surface area contributed by atoms with Crippen molar-refractivity contribution in [2.24, 2.45) is 29.1 Å². The lowest BCUT2D eigenvalue weighted by Crippen LogP contribution is -2.52. The highest BCUT2D eigenvalue weighted by Crippen LogP contribution is 2.78. The number of carbonyl (C=O) groups excluding carboxylic acids is 1. The number of esters is 1. The highest BCUT2D eigenvalue weighted by atomic mass is 17.2. The molecule has 118 valence electrons. The van der Waals surface area contributed by atoms with Gasteiger partial charge in [-0.15, -0.1) is 0 Å². The Hall–Kier alpha value is -0.650. The standard InChI is InChI=1S/C16H24O5/c1-9-4-5-12-10(2)13(17)19-16-8-15(12,16)11(9)6-7-14(3,20-16)21-18/h9-12,18H,4-8H2,1-3H3/t9-,10-,11?,12?,14-,15+,16+/m1/s1. The summed E-state index contributed by atoms with van der Waals surface area (Å²) in [6.07, 6.45) is 4.55. The highest BCUT2D eigenvalue weighted by Gasteiger charge is 2.84. The largest absolute Gasteiger partial charge is 0.432 e. The first kappa shape index (κ1) is 14.0. The third kappa shape index (κ3) is 1.55. The van der Waals surface area contributed by atoms with Crippen LogP contribution in [0.4, 0.5) is 0 Å². The lowest BCUT2D eigenvalue weighted by molar-refractivity contribution is -0.431. The summed E-state index contributed by atoms with van der Waals surface area (Å²) in [6.45, 7) is 6.02. The summed E-state index contributed by atoms with van der Waals surface area (Å²) in [5.41, 5.74) is -0.0612. The van der Waals surface area contributed by atoms with E-state index in [0.717, 1.165) is 25.7 Å². The molecular weight excluding hydrogens is 272 g/mol. The van der Waals surface area contributed by atoms with Crippen LogP contribution in [0.3, 0.4) is 0 Å². The SMILES string of the molecule is C[C@@H]1CCC2[C@@H](C)C(=O)O[C@]34C[C@]23C1CC[C@@](C)(OO)O4. The minimum atomic E-state index is -1.08. The van der Waals surface area contributed by atoms with E-state index in [1.807, 2.05) is 6.92 Å². The number of rotatable bonds is 1. The van der Waals surface area contributed by atoms with Gasteiger partial charge in [-0.3, -0.25) is 4.79 Å². The Bertz CT molecular complexity index is 493. The van der Waals surface area contributed by atoms with Gasteiger partial charge >= 0.3 is 5.97 Å². The van der Waals surface area contributed by atoms with Crippen LogP contribution in [0.25, 0.3) is 0 Å². The van der Waals surface area contributed by atoms with E-state index in [1.165, 1.54) is 0 Å². The molecule has 0 bridgehead atoms. The molecule has 4 aliphatic rings. The van der Waals surface area contributed by atoms with Crippen LogP contribution < -0.4 is 0 Å². The van der Waals surface area contributed by atoms with E-state index in [-0.39, 0.29) is 17.3 Å². The van der Waals surface area contributed by atoms with Crippen molar-refractivity contribution in [3.63, 3.8) is 0 Å². The van der Waals surface area contributed by atoms with Gasteiger partial charge in [0.2, 0.25) is 11.6 Å². The van der Waals surface area contributed by atoms with Crippen LogP contribution >= 0.6 is 0 Å². The third-order valence-electron chi connectivity index (χ3n) is 6.78. The molecule has 21 heavy (non-hydrogen) atoms. The second kappa shape index (κ2) is 4.00. The fraction of sp³-hybridized carbons (Fsp3) is 0.938. The third-order valence-corrected chi connectivity index (χ3v) is 6.78. The van der Waals surface area contributed by atoms with Gasteiger partial charge in [0.05, 0.1) is 5.92 Å². The van der Waals surface area contributed by atoms with Crippen LogP contribution in [0.15, 0.2) is 0 Å². The summed E-state index contributed by atoms with van der Waals surface area (Å²) < 4.78 is 11.9. The molecule has 4 rings (SSSR count). The quantitative estimate of drug-likeness (QED) is 0.458. The highest BCUT2D eigenvalue weighted by molar-refractivity contribution is 5.75. The summed E-state index contributed by atoms with van der Waals surface area (Å²) in [5.74, 6) is -0.760. The molecular formula is C16H24O5. The van der Waals surface area contributed by atoms with Crippen LogP contribution in [0.5, 0.6) is 0 Å². The van der Waals surface area contributed by atoms with Crippen LogP contribution in [0.1, 0.15) is 52.9 Å². The van der Waals surface area contributed by atoms with E-state index < -0.39 is 11.6 Å². The first-order valence-corrected chi connectivity index (χ1v) is 8.13. The van der Waals surface area contributed by atoms with Gasteiger partial charge < -0.3 is 9.47 Å². The van der Waals surface area contributed by atoms with E-state index >= 15 is 0 Å². The Morgan fingerprint density at radius 3 is 2.71 bits per heavy atom. The Morgan fingerprint density at radius 2 is 2.00 bits per heavy atom. The maximum absolute atomic E-state index is 12.3. The fourth-order valence-electron chi connectivity index (χ4n) is 5.67. The molecule has 1 spiro atoms. The maximum Gasteiger partial charge on any atom is 0.311 e. The zero-order chi connectivity index (χ0) is 15.0. The smallest absolute Gasteiger partial charge is 0.311 e. The molecule has 5 heteroatoms. The predicted octanol–water partition coefficient (Wildman–Crippen LogP) is 2.94. The monoisotopic (exact) mass is 296 g/mol. The number of hydrogen-bond acceptors (Lipinski definition) is 5. The number of carbonyl (C=O) groups is 1. The summed E-state index contributed by atoms with van der Waals surface area (Å²) in [6, 6.07) is 0. The van der Waals surface area contributed by atoms with Crippen molar-refractivity contribution >= 4 is 5.97 Å². The van der Waals surface area contributed by atoms with Crippen molar-refractivity contribution in [1.82, 2.24) is 0 Å². The molecule has 0 radical (unpaired) electrons. The second-order valence-electron chi connectivity index (χ2n) is 7.81. The van der Waals surface area contributed by atoms with Gasteiger partial charge in [-0.05, 0) is 37.5 Å². The molecule has 4 fully saturated rings. The van der Waals surface area contributed by atoms with Gasteiger partial charge in [0, 0.05) is 18.3 Å². The van der Waals surface area contributed by atoms with E-state index in [9.17, 15) is 10.1 Å². The van der Waals surface area contributed by atoms with Crippen LogP contribution in [-0.4, -0.2) is 22.8 Å². The van der Waals surface area contributed by atoms with Crippen LogP contribution in [0, 0.1) is 29.1 Å². The fourth-order valence-corrected chi connectivity index (χ4v) is 5.67. The zero-order valence-electron chi connectivity index (χ0n) is 12.9. The molecule has 2 saturated carbocycles. The topological polar surface area (TPSA) is 65.0 Å². The molecule has 2 heterocycles. The molecule has 2 saturated heterocycles. The molecule has 0 aromatic rings. The average molecular weight is 296 g/mol. The van der Waals surface area contributed by atoms with Crippen LogP contribution in [0.2, 0.25) is 0 Å². The first-order chi connectivity index (χ1) is 9.87. The van der Waals surface area contributed by atoms with Gasteiger partial charge in [0.1, 0.15) is 0 Å². The van der Waals surface area contributed by atoms with Crippen molar-refractivity contribution in [2.45, 2.75) is 64.4 Å². The van der Waals surface area contributed by atoms with E-state index in [1.54, 1.807) is 6.92 Å². The van der Waals surface area contributed by atoms with E-state index in [0.29, 0.717) is 24.2 Å². The molecule has 0 amide bonds. The molecule has 0 aromatic heterocycles. The van der Waals surface area contributed by atoms with Gasteiger partial charge in [-0.25, -0.2) is 10.1 Å². The lowest BCUT2D eigenvalue weighted by Gasteiger charge is -2.48. The van der Waals surface area contributed by atoms with Crippen molar-refractivity contribution in [1.29, 1.82) is 0 Å². The molecule has 1 N–H and O–H groups in total. The van der Waals surface area contributed by atoms with Crippen molar-refractivity contribution in [3.05, 3.63) is 0 Å². The second-order valence-corrected chi connectivity index (χ2v) is 7.81. The van der Waals surface area contributed by atoms with Gasteiger partial charge in [-0.2, -0.15) is 0 Å². The zero-order valence-corrected chi connectivity index (χ0v) is 12.9.